The lowest BCUT2D eigenvalue weighted by Crippen LogP contribution is -2.66. The van der Waals surface area contributed by atoms with Crippen molar-refractivity contribution in [3.8, 4) is 0 Å². The summed E-state index contributed by atoms with van der Waals surface area (Å²) in [6.45, 7) is 22.0. The molecule has 0 saturated heterocycles. The van der Waals surface area contributed by atoms with E-state index < -0.39 is 0 Å². The van der Waals surface area contributed by atoms with Gasteiger partial charge in [0.2, 0.25) is 0 Å². The van der Waals surface area contributed by atoms with Gasteiger partial charge in [-0.15, -0.1) is 0 Å². The third kappa shape index (κ3) is 2.59. The molecule has 0 unspecified atom stereocenters. The van der Waals surface area contributed by atoms with E-state index in [-0.39, 0.29) is 5.41 Å². The Bertz CT molecular complexity index is 807. The first-order valence-electron chi connectivity index (χ1n) is 13.5. The van der Waals surface area contributed by atoms with E-state index in [1.54, 1.807) is 0 Å². The fraction of sp³-hybridized carbons (Fsp3) is 0.900. The zero-order valence-electron chi connectivity index (χ0n) is 21.6. The lowest BCUT2D eigenvalue weighted by atomic mass is 9.32. The van der Waals surface area contributed by atoms with Gasteiger partial charge in [-0.05, 0) is 116 Å². The molecule has 0 spiro atoms. The Hall–Kier alpha value is -0.590. The molecular weight excluding hydrogens is 376 g/mol. The summed E-state index contributed by atoms with van der Waals surface area (Å²) < 4.78 is 0. The van der Waals surface area contributed by atoms with Crippen LogP contribution in [-0.4, -0.2) is 5.78 Å². The summed E-state index contributed by atoms with van der Waals surface area (Å²) in [7, 11) is 0. The van der Waals surface area contributed by atoms with Crippen molar-refractivity contribution in [3.05, 3.63) is 12.2 Å². The number of rotatable bonds is 1. The van der Waals surface area contributed by atoms with E-state index in [0.717, 1.165) is 36.5 Å². The molecule has 5 saturated carbocycles. The van der Waals surface area contributed by atoms with E-state index in [0.29, 0.717) is 33.4 Å². The standard InChI is InChI=1S/C30H48O/c1-19(2)20-11-14-27(5)17-18-29(7)21(25(20)27)9-10-23-28(6)15-13-24(31)26(3,4)22(28)12-16-30(23,29)8/h20-23,25H,1,9-18H2,2-8H3/t20-,21+,22+,23-,25-,27+,28-,29+,30+/m0/s1. The maximum Gasteiger partial charge on any atom is 0.138 e. The van der Waals surface area contributed by atoms with Gasteiger partial charge in [0.05, 0.1) is 0 Å². The van der Waals surface area contributed by atoms with Gasteiger partial charge in [0.25, 0.3) is 0 Å². The van der Waals surface area contributed by atoms with Gasteiger partial charge < -0.3 is 0 Å². The van der Waals surface area contributed by atoms with Gasteiger partial charge >= 0.3 is 0 Å². The SMILES string of the molecule is C=C(C)[C@@H]1CC[C@]2(C)CC[C@]3(C)[C@H](CC[C@H]4[C@@]5(C)CCC(=O)C(C)(C)[C@H]5CC[C@]43C)[C@H]12. The average molecular weight is 425 g/mol. The minimum atomic E-state index is -0.131. The molecular formula is C30H48O. The Balaban J connectivity index is 1.55. The molecule has 174 valence electrons. The summed E-state index contributed by atoms with van der Waals surface area (Å²) in [5.41, 5.74) is 3.06. The zero-order chi connectivity index (χ0) is 22.6. The molecule has 0 N–H and O–H groups in total. The van der Waals surface area contributed by atoms with Crippen molar-refractivity contribution in [2.45, 2.75) is 113 Å². The summed E-state index contributed by atoms with van der Waals surface area (Å²) in [5, 5.41) is 0. The predicted molar refractivity (Wildman–Crippen MR) is 130 cm³/mol. The van der Waals surface area contributed by atoms with Crippen molar-refractivity contribution >= 4 is 5.78 Å². The normalized spacial score (nSPS) is 55.6. The van der Waals surface area contributed by atoms with Gasteiger partial charge in [-0.25, -0.2) is 0 Å². The van der Waals surface area contributed by atoms with E-state index in [1.807, 2.05) is 0 Å². The van der Waals surface area contributed by atoms with Crippen molar-refractivity contribution in [2.75, 3.05) is 0 Å². The summed E-state index contributed by atoms with van der Waals surface area (Å²) in [5.74, 6) is 4.33. The molecule has 9 atom stereocenters. The van der Waals surface area contributed by atoms with Crippen LogP contribution in [0.3, 0.4) is 0 Å². The monoisotopic (exact) mass is 424 g/mol. The van der Waals surface area contributed by atoms with Crippen LogP contribution in [0.4, 0.5) is 0 Å². The molecule has 0 aromatic heterocycles. The van der Waals surface area contributed by atoms with Crippen LogP contribution in [0.15, 0.2) is 12.2 Å². The summed E-state index contributed by atoms with van der Waals surface area (Å²) >= 11 is 0. The third-order valence-electron chi connectivity index (χ3n) is 13.2. The van der Waals surface area contributed by atoms with Crippen molar-refractivity contribution in [1.29, 1.82) is 0 Å². The number of Topliss-reactive ketones (excluding diaryl/α,β-unsaturated/α-hetero) is 1. The van der Waals surface area contributed by atoms with Crippen LogP contribution < -0.4 is 0 Å². The highest BCUT2D eigenvalue weighted by molar-refractivity contribution is 5.85. The van der Waals surface area contributed by atoms with Gasteiger partial charge in [0.1, 0.15) is 5.78 Å². The second-order valence-electron chi connectivity index (χ2n) is 14.5. The first-order chi connectivity index (χ1) is 14.3. The lowest BCUT2D eigenvalue weighted by Gasteiger charge is -2.72. The first-order valence-corrected chi connectivity index (χ1v) is 13.5. The van der Waals surface area contributed by atoms with Gasteiger partial charge in [-0.1, -0.05) is 53.7 Å². The molecule has 0 aromatic carbocycles. The summed E-state index contributed by atoms with van der Waals surface area (Å²) in [4.78, 5) is 12.9. The summed E-state index contributed by atoms with van der Waals surface area (Å²) in [6.07, 6.45) is 13.0. The average Bonchev–Trinajstić information content (AvgIpc) is 3.04. The largest absolute Gasteiger partial charge is 0.299 e. The van der Waals surface area contributed by atoms with Gasteiger partial charge in [0.15, 0.2) is 0 Å². The molecule has 31 heavy (non-hydrogen) atoms. The highest BCUT2D eigenvalue weighted by Gasteiger charge is 2.70. The van der Waals surface area contributed by atoms with Crippen molar-refractivity contribution in [3.63, 3.8) is 0 Å². The summed E-state index contributed by atoms with van der Waals surface area (Å²) in [6, 6.07) is 0. The van der Waals surface area contributed by atoms with E-state index in [2.05, 4.69) is 55.0 Å². The predicted octanol–water partition coefficient (Wildman–Crippen LogP) is 8.23. The number of fused-ring (bicyclic) bond motifs is 7. The fourth-order valence-corrected chi connectivity index (χ4v) is 11.3. The van der Waals surface area contributed by atoms with E-state index in [4.69, 9.17) is 0 Å². The molecule has 0 bridgehead atoms. The Morgan fingerprint density at radius 1 is 0.806 bits per heavy atom. The molecule has 0 amide bonds. The van der Waals surface area contributed by atoms with Crippen molar-refractivity contribution in [1.82, 2.24) is 0 Å². The number of ketones is 1. The molecule has 5 aliphatic rings. The molecule has 1 heteroatoms. The zero-order valence-corrected chi connectivity index (χ0v) is 21.6. The maximum absolute atomic E-state index is 12.9. The second-order valence-corrected chi connectivity index (χ2v) is 14.5. The Morgan fingerprint density at radius 3 is 2.19 bits per heavy atom. The Morgan fingerprint density at radius 2 is 1.52 bits per heavy atom. The van der Waals surface area contributed by atoms with Gasteiger partial charge in [-0.3, -0.25) is 4.79 Å². The van der Waals surface area contributed by atoms with Gasteiger partial charge in [-0.2, -0.15) is 0 Å². The molecule has 0 aromatic rings. The van der Waals surface area contributed by atoms with Crippen LogP contribution >= 0.6 is 0 Å². The van der Waals surface area contributed by atoms with Crippen LogP contribution in [0.2, 0.25) is 0 Å². The minimum Gasteiger partial charge on any atom is -0.299 e. The van der Waals surface area contributed by atoms with Crippen molar-refractivity contribution in [2.24, 2.45) is 56.7 Å². The van der Waals surface area contributed by atoms with Crippen LogP contribution in [0.5, 0.6) is 0 Å². The highest BCUT2D eigenvalue weighted by atomic mass is 16.1. The highest BCUT2D eigenvalue weighted by Crippen LogP contribution is 2.77. The molecule has 0 aliphatic heterocycles. The quantitative estimate of drug-likeness (QED) is 0.387. The molecule has 1 nitrogen and oxygen atoms in total. The third-order valence-corrected chi connectivity index (χ3v) is 13.2. The fourth-order valence-electron chi connectivity index (χ4n) is 11.3. The second kappa shape index (κ2) is 6.50. The molecule has 0 heterocycles. The number of hydrogen-bond donors (Lipinski definition) is 0. The number of hydrogen-bond acceptors (Lipinski definition) is 1. The van der Waals surface area contributed by atoms with Gasteiger partial charge in [0, 0.05) is 11.8 Å². The van der Waals surface area contributed by atoms with E-state index in [9.17, 15) is 4.79 Å². The maximum atomic E-state index is 12.9. The van der Waals surface area contributed by atoms with E-state index >= 15 is 0 Å². The molecule has 5 aliphatic carbocycles. The topological polar surface area (TPSA) is 17.1 Å². The molecule has 5 fully saturated rings. The first kappa shape index (κ1) is 22.2. The van der Waals surface area contributed by atoms with Crippen LogP contribution in [0.25, 0.3) is 0 Å². The smallest absolute Gasteiger partial charge is 0.138 e. The minimum absolute atomic E-state index is 0.131. The Kier molecular flexibility index (Phi) is 4.66. The van der Waals surface area contributed by atoms with Crippen molar-refractivity contribution < 1.29 is 4.79 Å². The Labute approximate surface area is 192 Å². The van der Waals surface area contributed by atoms with Crippen LogP contribution in [-0.2, 0) is 4.79 Å². The number of carbonyl (C=O) groups is 1. The van der Waals surface area contributed by atoms with E-state index in [1.165, 1.54) is 56.9 Å². The number of allylic oxidation sites excluding steroid dienone is 1. The lowest BCUT2D eigenvalue weighted by molar-refractivity contribution is -0.232. The molecule has 0 radical (unpaired) electrons. The molecule has 5 rings (SSSR count). The number of carbonyl (C=O) groups excluding carboxylic acids is 1. The van der Waals surface area contributed by atoms with Crippen LogP contribution in [0.1, 0.15) is 113 Å². The van der Waals surface area contributed by atoms with Crippen LogP contribution in [0, 0.1) is 56.7 Å².